The number of hydrogen-bond donors (Lipinski definition) is 5. The van der Waals surface area contributed by atoms with Gasteiger partial charge in [-0.05, 0) is 30.9 Å². The quantitative estimate of drug-likeness (QED) is 0.246. The molecule has 2 aromatic heterocycles. The topological polar surface area (TPSA) is 197 Å². The predicted octanol–water partition coefficient (Wildman–Crippen LogP) is -0.387. The first-order valence-electron chi connectivity index (χ1n) is 9.37. The molecule has 0 bridgehead atoms. The zero-order valence-electron chi connectivity index (χ0n) is 15.9. The molecular weight excluding hydrogens is 477 g/mol. The van der Waals surface area contributed by atoms with E-state index in [4.69, 9.17) is 26.1 Å². The minimum absolute atomic E-state index is 0.0788. The van der Waals surface area contributed by atoms with Gasteiger partial charge in [-0.25, -0.2) is 13.1 Å². The summed E-state index contributed by atoms with van der Waals surface area (Å²) in [5.41, 5.74) is -1.19. The number of aliphatic hydroxyl groups is 2. The molecule has 1 aliphatic heterocycles. The van der Waals surface area contributed by atoms with Crippen molar-refractivity contribution in [3.8, 4) is 0 Å². The van der Waals surface area contributed by atoms with E-state index >= 15 is 0 Å². The van der Waals surface area contributed by atoms with Crippen molar-refractivity contribution < 1.29 is 37.7 Å². The van der Waals surface area contributed by atoms with E-state index in [0.29, 0.717) is 11.2 Å². The van der Waals surface area contributed by atoms with E-state index in [-0.39, 0.29) is 17.0 Å². The number of sulfone groups is 1. The van der Waals surface area contributed by atoms with Gasteiger partial charge in [0.1, 0.15) is 24.1 Å². The van der Waals surface area contributed by atoms with Crippen LogP contribution >= 0.6 is 19.2 Å². The molecule has 1 saturated heterocycles. The van der Waals surface area contributed by atoms with Gasteiger partial charge in [0.25, 0.3) is 0 Å². The van der Waals surface area contributed by atoms with Crippen LogP contribution in [0.2, 0.25) is 5.28 Å². The maximum atomic E-state index is 12.1. The summed E-state index contributed by atoms with van der Waals surface area (Å²) in [6.45, 7) is 0. The molecule has 3 heterocycles. The van der Waals surface area contributed by atoms with Gasteiger partial charge in [-0.3, -0.25) is 4.57 Å². The Balaban J connectivity index is 1.60. The summed E-state index contributed by atoms with van der Waals surface area (Å²) in [6, 6.07) is 0.247. The zero-order valence-corrected chi connectivity index (χ0v) is 18.4. The molecule has 0 unspecified atom stereocenters. The van der Waals surface area contributed by atoms with Crippen LogP contribution in [0, 0.1) is 0 Å². The van der Waals surface area contributed by atoms with E-state index in [1.54, 1.807) is 0 Å². The number of anilines is 1. The number of ether oxygens (including phenoxy) is 1. The number of halogens is 1. The molecule has 4 rings (SSSR count). The molecule has 172 valence electrons. The predicted molar refractivity (Wildman–Crippen MR) is 108 cm³/mol. The summed E-state index contributed by atoms with van der Waals surface area (Å²) >= 11 is 6.04. The fourth-order valence-corrected chi connectivity index (χ4v) is 6.98. The Kier molecular flexibility index (Phi) is 6.03. The SMILES string of the molecule is O=P(O)(O)CS(=O)(=O)C[C@H]1O[C@@H](n2ncc3c(NC4CCC4)nc(Cl)nc32)[C@H](O)[C@@H]1O. The molecule has 16 heteroatoms. The van der Waals surface area contributed by atoms with Gasteiger partial charge >= 0.3 is 7.60 Å². The van der Waals surface area contributed by atoms with Crippen molar-refractivity contribution >= 4 is 45.9 Å². The zero-order chi connectivity index (χ0) is 22.6. The molecule has 0 aromatic carbocycles. The highest BCUT2D eigenvalue weighted by Gasteiger charge is 2.47. The van der Waals surface area contributed by atoms with Gasteiger partial charge in [-0.2, -0.15) is 15.1 Å². The first kappa shape index (κ1) is 22.8. The van der Waals surface area contributed by atoms with Crippen molar-refractivity contribution in [3.05, 3.63) is 11.5 Å². The van der Waals surface area contributed by atoms with Gasteiger partial charge in [0.05, 0.1) is 17.3 Å². The van der Waals surface area contributed by atoms with Gasteiger partial charge in [0.2, 0.25) is 5.28 Å². The lowest BCUT2D eigenvalue weighted by molar-refractivity contribution is -0.0364. The summed E-state index contributed by atoms with van der Waals surface area (Å²) in [7, 11) is -9.12. The Morgan fingerprint density at radius 3 is 2.58 bits per heavy atom. The normalized spacial score (nSPS) is 27.5. The second-order valence-corrected chi connectivity index (χ2v) is 12.2. The fourth-order valence-electron chi connectivity index (χ4n) is 3.57. The molecule has 5 N–H and O–H groups in total. The van der Waals surface area contributed by atoms with Crippen molar-refractivity contribution in [1.29, 1.82) is 0 Å². The smallest absolute Gasteiger partial charge is 0.340 e. The van der Waals surface area contributed by atoms with Gasteiger partial charge in [0.15, 0.2) is 27.2 Å². The molecule has 1 aliphatic carbocycles. The second kappa shape index (κ2) is 8.19. The Morgan fingerprint density at radius 1 is 1.26 bits per heavy atom. The lowest BCUT2D eigenvalue weighted by Crippen LogP contribution is -2.36. The van der Waals surface area contributed by atoms with Crippen LogP contribution in [0.25, 0.3) is 11.0 Å². The highest BCUT2D eigenvalue weighted by Crippen LogP contribution is 2.38. The second-order valence-electron chi connectivity index (χ2n) is 7.69. The monoisotopic (exact) mass is 497 g/mol. The minimum Gasteiger partial charge on any atom is -0.387 e. The highest BCUT2D eigenvalue weighted by molar-refractivity contribution is 7.97. The first-order valence-corrected chi connectivity index (χ1v) is 13.4. The van der Waals surface area contributed by atoms with Crippen LogP contribution in [0.1, 0.15) is 25.5 Å². The van der Waals surface area contributed by atoms with Crippen LogP contribution in [0.15, 0.2) is 6.20 Å². The summed E-state index contributed by atoms with van der Waals surface area (Å²) in [5, 5.41) is 28.6. The van der Waals surface area contributed by atoms with Crippen LogP contribution in [0.5, 0.6) is 0 Å². The summed E-state index contributed by atoms with van der Waals surface area (Å²) in [5.74, 6) is -0.434. The molecule has 2 aliphatic rings. The van der Waals surface area contributed by atoms with E-state index in [9.17, 15) is 23.2 Å². The molecule has 2 aromatic rings. The summed E-state index contributed by atoms with van der Waals surface area (Å²) in [6.07, 6.45) is -1.43. The molecule has 0 amide bonds. The van der Waals surface area contributed by atoms with Crippen LogP contribution in [0.3, 0.4) is 0 Å². The lowest BCUT2D eigenvalue weighted by atomic mass is 9.93. The van der Waals surface area contributed by atoms with Gasteiger partial charge in [-0.1, -0.05) is 0 Å². The largest absolute Gasteiger partial charge is 0.387 e. The van der Waals surface area contributed by atoms with Crippen molar-refractivity contribution in [2.24, 2.45) is 0 Å². The molecule has 2 fully saturated rings. The van der Waals surface area contributed by atoms with E-state index in [2.05, 4.69) is 20.4 Å². The summed E-state index contributed by atoms with van der Waals surface area (Å²) < 4.78 is 41.8. The molecule has 1 saturated carbocycles. The minimum atomic E-state index is -4.84. The summed E-state index contributed by atoms with van der Waals surface area (Å²) in [4.78, 5) is 26.2. The van der Waals surface area contributed by atoms with E-state index < -0.39 is 53.2 Å². The molecule has 31 heavy (non-hydrogen) atoms. The molecule has 0 radical (unpaired) electrons. The van der Waals surface area contributed by atoms with Crippen LogP contribution < -0.4 is 5.32 Å². The van der Waals surface area contributed by atoms with Crippen molar-refractivity contribution in [3.63, 3.8) is 0 Å². The molecule has 0 spiro atoms. The van der Waals surface area contributed by atoms with Crippen LogP contribution in [0.4, 0.5) is 5.82 Å². The van der Waals surface area contributed by atoms with Crippen LogP contribution in [-0.4, -0.2) is 83.8 Å². The Morgan fingerprint density at radius 2 is 1.97 bits per heavy atom. The standard InChI is InChI=1S/C15H21ClN5O8PS/c16-15-19-12(18-7-2-1-3-7)8-4-17-21(13(8)20-15)14-11(23)10(22)9(29-14)5-31(27,28)6-30(24,25)26/h4,7,9-11,14,22-23H,1-3,5-6H2,(H,18,19,20)(H2,24,25,26)/t9-,10-,11-,14-/m1/s1. The Labute approximate surface area is 181 Å². The third-order valence-electron chi connectivity index (χ3n) is 5.23. The molecule has 13 nitrogen and oxygen atoms in total. The Bertz CT molecular complexity index is 1140. The number of fused-ring (bicyclic) bond motifs is 1. The maximum Gasteiger partial charge on any atom is 0.340 e. The van der Waals surface area contributed by atoms with Crippen LogP contribution in [-0.2, 0) is 19.1 Å². The number of rotatable bonds is 7. The fraction of sp³-hybridized carbons (Fsp3) is 0.667. The first-order chi connectivity index (χ1) is 14.4. The van der Waals surface area contributed by atoms with Crippen molar-refractivity contribution in [2.45, 2.75) is 49.8 Å². The lowest BCUT2D eigenvalue weighted by Gasteiger charge is -2.27. The number of hydrogen-bond acceptors (Lipinski definition) is 10. The van der Waals surface area contributed by atoms with E-state index in [1.807, 2.05) is 0 Å². The maximum absolute atomic E-state index is 12.1. The van der Waals surface area contributed by atoms with Gasteiger partial charge < -0.3 is 30.1 Å². The third kappa shape index (κ3) is 4.86. The average Bonchev–Trinajstić information content (AvgIpc) is 3.11. The van der Waals surface area contributed by atoms with E-state index in [0.717, 1.165) is 19.3 Å². The number of nitrogens with one attached hydrogen (secondary N) is 1. The molecular formula is C15H21ClN5O8PS. The molecule has 4 atom stereocenters. The third-order valence-corrected chi connectivity index (χ3v) is 9.16. The number of aliphatic hydroxyl groups excluding tert-OH is 2. The highest BCUT2D eigenvalue weighted by atomic mass is 35.5. The number of nitrogens with zero attached hydrogens (tertiary/aromatic N) is 4. The van der Waals surface area contributed by atoms with Crippen molar-refractivity contribution in [2.75, 3.05) is 16.6 Å². The van der Waals surface area contributed by atoms with Gasteiger partial charge in [0, 0.05) is 6.04 Å². The Hall–Kier alpha value is -1.38. The number of aromatic nitrogens is 4. The average molecular weight is 498 g/mol. The van der Waals surface area contributed by atoms with Crippen molar-refractivity contribution in [1.82, 2.24) is 19.7 Å². The van der Waals surface area contributed by atoms with E-state index in [1.165, 1.54) is 10.9 Å². The van der Waals surface area contributed by atoms with Gasteiger partial charge in [-0.15, -0.1) is 0 Å².